The van der Waals surface area contributed by atoms with Gasteiger partial charge in [-0.2, -0.15) is 0 Å². The van der Waals surface area contributed by atoms with E-state index in [2.05, 4.69) is 34.4 Å². The second-order valence-corrected chi connectivity index (χ2v) is 6.24. The number of hydrogen-bond acceptors (Lipinski definition) is 3. The molecule has 0 saturated carbocycles. The smallest absolute Gasteiger partial charge is 0.300 e. The van der Waals surface area contributed by atoms with Gasteiger partial charge in [-0.3, -0.25) is 9.79 Å². The minimum Gasteiger partial charge on any atom is -0.335 e. The molecule has 2 N–H and O–H groups in total. The Morgan fingerprint density at radius 2 is 1.80 bits per heavy atom. The Morgan fingerprint density at radius 3 is 2.48 bits per heavy atom. The molecule has 0 spiro atoms. The molecule has 0 aliphatic heterocycles. The lowest BCUT2D eigenvalue weighted by atomic mass is 10.2. The van der Waals surface area contributed by atoms with Crippen molar-refractivity contribution in [1.29, 1.82) is 0 Å². The third-order valence-electron chi connectivity index (χ3n) is 3.11. The monoisotopic (exact) mass is 351 g/mol. The highest BCUT2D eigenvalue weighted by molar-refractivity contribution is 8.14. The number of hydrogen-bond donors (Lipinski definition) is 2. The lowest BCUT2D eigenvalue weighted by molar-refractivity contribution is -0.111. The fraction of sp³-hybridized carbons (Fsp3) is 0.200. The Morgan fingerprint density at radius 1 is 1.08 bits per heavy atom. The van der Waals surface area contributed by atoms with Crippen molar-refractivity contribution < 1.29 is 4.79 Å². The standard InChI is InChI=1S/C20H21N3OS/c1-3-14-25-20(21-2)23-18-11-7-10-17(15-18)22-19(24)13-12-16-8-5-4-6-9-16/h4-11,15H,3,14H2,1-2H3,(H,21,23)(H,22,24). The third kappa shape index (κ3) is 6.74. The van der Waals surface area contributed by atoms with E-state index in [1.54, 1.807) is 18.8 Å². The van der Waals surface area contributed by atoms with Crippen LogP contribution in [0, 0.1) is 11.8 Å². The van der Waals surface area contributed by atoms with Gasteiger partial charge in [0, 0.05) is 35.7 Å². The summed E-state index contributed by atoms with van der Waals surface area (Å²) in [6.45, 7) is 2.13. The van der Waals surface area contributed by atoms with Gasteiger partial charge < -0.3 is 10.6 Å². The van der Waals surface area contributed by atoms with Crippen molar-refractivity contribution in [1.82, 2.24) is 0 Å². The van der Waals surface area contributed by atoms with Crippen LogP contribution >= 0.6 is 11.8 Å². The molecule has 128 valence electrons. The number of carbonyl (C=O) groups is 1. The van der Waals surface area contributed by atoms with Gasteiger partial charge in [-0.25, -0.2) is 0 Å². The first-order valence-electron chi connectivity index (χ1n) is 8.06. The molecule has 2 aromatic carbocycles. The highest BCUT2D eigenvalue weighted by atomic mass is 32.2. The topological polar surface area (TPSA) is 53.5 Å². The maximum absolute atomic E-state index is 12.0. The highest BCUT2D eigenvalue weighted by Gasteiger charge is 2.03. The zero-order valence-electron chi connectivity index (χ0n) is 14.4. The number of anilines is 2. The molecule has 2 aromatic rings. The van der Waals surface area contributed by atoms with Crippen LogP contribution in [-0.2, 0) is 4.79 Å². The number of amidine groups is 1. The minimum absolute atomic E-state index is 0.342. The molecule has 0 unspecified atom stereocenters. The van der Waals surface area contributed by atoms with Crippen molar-refractivity contribution in [2.24, 2.45) is 4.99 Å². The molecule has 0 saturated heterocycles. The van der Waals surface area contributed by atoms with Crippen LogP contribution < -0.4 is 10.6 Å². The van der Waals surface area contributed by atoms with E-state index in [1.807, 2.05) is 54.6 Å². The molecule has 0 aliphatic carbocycles. The first kappa shape index (κ1) is 18.6. The molecular formula is C20H21N3OS. The van der Waals surface area contributed by atoms with Crippen LogP contribution in [0.15, 0.2) is 59.6 Å². The first-order chi connectivity index (χ1) is 12.2. The molecule has 0 fully saturated rings. The van der Waals surface area contributed by atoms with Crippen LogP contribution in [0.25, 0.3) is 0 Å². The van der Waals surface area contributed by atoms with Crippen LogP contribution in [-0.4, -0.2) is 23.9 Å². The van der Waals surface area contributed by atoms with E-state index in [9.17, 15) is 4.79 Å². The summed E-state index contributed by atoms with van der Waals surface area (Å²) in [5.74, 6) is 6.11. The average molecular weight is 351 g/mol. The maximum Gasteiger partial charge on any atom is 0.300 e. The summed E-state index contributed by atoms with van der Waals surface area (Å²) in [4.78, 5) is 16.2. The summed E-state index contributed by atoms with van der Waals surface area (Å²) in [6.07, 6.45) is 1.08. The Balaban J connectivity index is 1.99. The molecule has 0 bridgehead atoms. The Hall–Kier alpha value is -2.71. The van der Waals surface area contributed by atoms with Crippen LogP contribution in [0.5, 0.6) is 0 Å². The summed E-state index contributed by atoms with van der Waals surface area (Å²) in [7, 11) is 1.76. The molecule has 0 atom stereocenters. The largest absolute Gasteiger partial charge is 0.335 e. The normalized spacial score (nSPS) is 10.6. The molecule has 4 nitrogen and oxygen atoms in total. The first-order valence-corrected chi connectivity index (χ1v) is 9.04. The number of aliphatic imine (C=N–C) groups is 1. The number of nitrogens with one attached hydrogen (secondary N) is 2. The van der Waals surface area contributed by atoms with Gasteiger partial charge in [0.15, 0.2) is 5.17 Å². The van der Waals surface area contributed by atoms with Crippen LogP contribution in [0.4, 0.5) is 11.4 Å². The number of nitrogens with zero attached hydrogens (tertiary/aromatic N) is 1. The SMILES string of the molecule is CCCSC(=NC)Nc1cccc(NC(=O)C#Cc2ccccc2)c1. The quantitative estimate of drug-likeness (QED) is 0.493. The number of rotatable bonds is 4. The highest BCUT2D eigenvalue weighted by Crippen LogP contribution is 2.17. The molecule has 0 radical (unpaired) electrons. The van der Waals surface area contributed by atoms with Gasteiger partial charge in [0.05, 0.1) is 0 Å². The Bertz CT molecular complexity index is 791. The summed E-state index contributed by atoms with van der Waals surface area (Å²) in [5.41, 5.74) is 2.37. The van der Waals surface area contributed by atoms with Gasteiger partial charge in [0.2, 0.25) is 0 Å². The van der Waals surface area contributed by atoms with E-state index in [0.29, 0.717) is 5.69 Å². The maximum atomic E-state index is 12.0. The lowest BCUT2D eigenvalue weighted by Crippen LogP contribution is -2.11. The Labute approximate surface area is 153 Å². The number of amides is 1. The second kappa shape index (κ2) is 10.2. The number of benzene rings is 2. The third-order valence-corrected chi connectivity index (χ3v) is 4.28. The van der Waals surface area contributed by atoms with Crippen molar-refractivity contribution in [3.8, 4) is 11.8 Å². The number of carbonyl (C=O) groups excluding carboxylic acids is 1. The molecule has 0 heterocycles. The van der Waals surface area contributed by atoms with E-state index in [-0.39, 0.29) is 5.91 Å². The van der Waals surface area contributed by atoms with Crippen LogP contribution in [0.3, 0.4) is 0 Å². The molecule has 25 heavy (non-hydrogen) atoms. The van der Waals surface area contributed by atoms with Gasteiger partial charge >= 0.3 is 5.91 Å². The summed E-state index contributed by atoms with van der Waals surface area (Å²) < 4.78 is 0. The van der Waals surface area contributed by atoms with E-state index in [1.165, 1.54) is 0 Å². The predicted molar refractivity (Wildman–Crippen MR) is 108 cm³/mol. The fourth-order valence-corrected chi connectivity index (χ4v) is 2.68. The van der Waals surface area contributed by atoms with Gasteiger partial charge in [-0.05, 0) is 36.8 Å². The van der Waals surface area contributed by atoms with Crippen molar-refractivity contribution in [2.75, 3.05) is 23.4 Å². The second-order valence-electron chi connectivity index (χ2n) is 5.15. The molecular weight excluding hydrogens is 330 g/mol. The van der Waals surface area contributed by atoms with E-state index < -0.39 is 0 Å². The molecule has 5 heteroatoms. The van der Waals surface area contributed by atoms with Crippen molar-refractivity contribution in [2.45, 2.75) is 13.3 Å². The summed E-state index contributed by atoms with van der Waals surface area (Å²) in [6, 6.07) is 16.9. The zero-order chi connectivity index (χ0) is 17.9. The summed E-state index contributed by atoms with van der Waals surface area (Å²) in [5, 5.41) is 6.90. The molecule has 0 aliphatic rings. The molecule has 2 rings (SSSR count). The average Bonchev–Trinajstić information content (AvgIpc) is 2.64. The van der Waals surface area contributed by atoms with Crippen molar-refractivity contribution >= 4 is 34.2 Å². The van der Waals surface area contributed by atoms with Gasteiger partial charge in [-0.15, -0.1) is 0 Å². The van der Waals surface area contributed by atoms with Gasteiger partial charge in [0.1, 0.15) is 0 Å². The molecule has 0 aromatic heterocycles. The predicted octanol–water partition coefficient (Wildman–Crippen LogP) is 4.22. The van der Waals surface area contributed by atoms with Crippen LogP contribution in [0.1, 0.15) is 18.9 Å². The lowest BCUT2D eigenvalue weighted by Gasteiger charge is -2.10. The van der Waals surface area contributed by atoms with Gasteiger partial charge in [0.25, 0.3) is 0 Å². The van der Waals surface area contributed by atoms with Crippen LogP contribution in [0.2, 0.25) is 0 Å². The Kier molecular flexibility index (Phi) is 7.61. The molecule has 1 amide bonds. The van der Waals surface area contributed by atoms with E-state index in [0.717, 1.165) is 28.6 Å². The summed E-state index contributed by atoms with van der Waals surface area (Å²) >= 11 is 1.67. The fourth-order valence-electron chi connectivity index (χ4n) is 1.97. The van der Waals surface area contributed by atoms with Crippen molar-refractivity contribution in [3.63, 3.8) is 0 Å². The van der Waals surface area contributed by atoms with E-state index >= 15 is 0 Å². The van der Waals surface area contributed by atoms with Crippen molar-refractivity contribution in [3.05, 3.63) is 60.2 Å². The zero-order valence-corrected chi connectivity index (χ0v) is 15.2. The number of thioether (sulfide) groups is 1. The van der Waals surface area contributed by atoms with E-state index in [4.69, 9.17) is 0 Å². The minimum atomic E-state index is -0.342. The van der Waals surface area contributed by atoms with Gasteiger partial charge in [-0.1, -0.05) is 48.9 Å².